The van der Waals surface area contributed by atoms with Crippen molar-refractivity contribution >= 4 is 0 Å². The zero-order chi connectivity index (χ0) is 9.35. The second-order valence-electron chi connectivity index (χ2n) is 3.70. The van der Waals surface area contributed by atoms with Gasteiger partial charge in [0.15, 0.2) is 0 Å². The SMILES string of the molecule is Cc1ccc(F)c(C(C)(C)N)c1. The molecule has 0 spiro atoms. The van der Waals surface area contributed by atoms with Crippen molar-refractivity contribution in [3.05, 3.63) is 35.1 Å². The number of halogens is 1. The molecule has 0 saturated heterocycles. The van der Waals surface area contributed by atoms with Gasteiger partial charge in [0.2, 0.25) is 0 Å². The Labute approximate surface area is 72.4 Å². The third-order valence-electron chi connectivity index (χ3n) is 1.82. The van der Waals surface area contributed by atoms with Crippen molar-refractivity contribution in [1.29, 1.82) is 0 Å². The van der Waals surface area contributed by atoms with Gasteiger partial charge in [-0.1, -0.05) is 17.7 Å². The van der Waals surface area contributed by atoms with E-state index in [1.165, 1.54) is 6.07 Å². The highest BCUT2D eigenvalue weighted by atomic mass is 19.1. The molecule has 0 saturated carbocycles. The average molecular weight is 167 g/mol. The first-order chi connectivity index (χ1) is 5.41. The van der Waals surface area contributed by atoms with Crippen LogP contribution in [0.5, 0.6) is 0 Å². The lowest BCUT2D eigenvalue weighted by molar-refractivity contribution is 0.501. The molecule has 0 amide bonds. The average Bonchev–Trinajstić information content (AvgIpc) is 1.92. The smallest absolute Gasteiger partial charge is 0.128 e. The Hall–Kier alpha value is -0.890. The van der Waals surface area contributed by atoms with Gasteiger partial charge in [-0.25, -0.2) is 4.39 Å². The lowest BCUT2D eigenvalue weighted by Crippen LogP contribution is -2.29. The van der Waals surface area contributed by atoms with Crippen molar-refractivity contribution in [3.8, 4) is 0 Å². The van der Waals surface area contributed by atoms with Crippen LogP contribution in [-0.4, -0.2) is 0 Å². The summed E-state index contributed by atoms with van der Waals surface area (Å²) in [5.74, 6) is -0.229. The minimum atomic E-state index is -0.601. The number of nitrogens with two attached hydrogens (primary N) is 1. The maximum Gasteiger partial charge on any atom is 0.128 e. The van der Waals surface area contributed by atoms with E-state index in [2.05, 4.69) is 0 Å². The molecule has 1 aromatic rings. The van der Waals surface area contributed by atoms with E-state index in [4.69, 9.17) is 5.73 Å². The van der Waals surface area contributed by atoms with Gasteiger partial charge < -0.3 is 5.73 Å². The second kappa shape index (κ2) is 2.87. The van der Waals surface area contributed by atoms with Crippen molar-refractivity contribution in [3.63, 3.8) is 0 Å². The molecule has 0 fully saturated rings. The van der Waals surface area contributed by atoms with Crippen LogP contribution in [0, 0.1) is 12.7 Å². The summed E-state index contributed by atoms with van der Waals surface area (Å²) in [5.41, 5.74) is 6.79. The topological polar surface area (TPSA) is 26.0 Å². The molecule has 0 unspecified atom stereocenters. The van der Waals surface area contributed by atoms with Gasteiger partial charge >= 0.3 is 0 Å². The van der Waals surface area contributed by atoms with Crippen molar-refractivity contribution in [2.75, 3.05) is 0 Å². The highest BCUT2D eigenvalue weighted by Crippen LogP contribution is 2.21. The van der Waals surface area contributed by atoms with Crippen LogP contribution in [0.2, 0.25) is 0 Å². The molecular formula is C10H14FN. The van der Waals surface area contributed by atoms with Gasteiger partial charge in [-0.15, -0.1) is 0 Å². The molecular weight excluding hydrogens is 153 g/mol. The molecule has 0 radical (unpaired) electrons. The Kier molecular flexibility index (Phi) is 2.20. The minimum Gasteiger partial charge on any atom is -0.322 e. The first-order valence-corrected chi connectivity index (χ1v) is 3.97. The highest BCUT2D eigenvalue weighted by Gasteiger charge is 2.18. The van der Waals surface area contributed by atoms with Crippen molar-refractivity contribution in [2.24, 2.45) is 5.73 Å². The van der Waals surface area contributed by atoms with Gasteiger partial charge in [-0.05, 0) is 26.8 Å². The fourth-order valence-electron chi connectivity index (χ4n) is 1.13. The van der Waals surface area contributed by atoms with Crippen LogP contribution in [-0.2, 0) is 5.54 Å². The molecule has 2 heteroatoms. The fourth-order valence-corrected chi connectivity index (χ4v) is 1.13. The van der Waals surface area contributed by atoms with Gasteiger partial charge in [-0.2, -0.15) is 0 Å². The number of rotatable bonds is 1. The lowest BCUT2D eigenvalue weighted by atomic mass is 9.94. The summed E-state index contributed by atoms with van der Waals surface area (Å²) in [4.78, 5) is 0. The predicted molar refractivity (Wildman–Crippen MR) is 48.4 cm³/mol. The minimum absolute atomic E-state index is 0.229. The number of hydrogen-bond acceptors (Lipinski definition) is 1. The maximum atomic E-state index is 13.2. The zero-order valence-electron chi connectivity index (χ0n) is 7.69. The van der Waals surface area contributed by atoms with Crippen LogP contribution >= 0.6 is 0 Å². The summed E-state index contributed by atoms with van der Waals surface area (Å²) >= 11 is 0. The summed E-state index contributed by atoms with van der Waals surface area (Å²) in [6.07, 6.45) is 0. The molecule has 0 aromatic heterocycles. The molecule has 0 bridgehead atoms. The molecule has 1 nitrogen and oxygen atoms in total. The first-order valence-electron chi connectivity index (χ1n) is 3.97. The molecule has 0 aliphatic carbocycles. The van der Waals surface area contributed by atoms with E-state index in [9.17, 15) is 4.39 Å². The monoisotopic (exact) mass is 167 g/mol. The summed E-state index contributed by atoms with van der Waals surface area (Å²) < 4.78 is 13.2. The van der Waals surface area contributed by atoms with Crippen molar-refractivity contribution < 1.29 is 4.39 Å². The van der Waals surface area contributed by atoms with Gasteiger partial charge in [0, 0.05) is 11.1 Å². The molecule has 0 aliphatic rings. The standard InChI is InChI=1S/C10H14FN/c1-7-4-5-9(11)8(6-7)10(2,3)12/h4-6H,12H2,1-3H3. The molecule has 66 valence electrons. The molecule has 1 rings (SSSR count). The summed E-state index contributed by atoms with van der Waals surface area (Å²) in [6.45, 7) is 5.52. The summed E-state index contributed by atoms with van der Waals surface area (Å²) in [5, 5.41) is 0. The fraction of sp³-hybridized carbons (Fsp3) is 0.400. The predicted octanol–water partition coefficient (Wildman–Crippen LogP) is 2.33. The van der Waals surface area contributed by atoms with Gasteiger partial charge in [-0.3, -0.25) is 0 Å². The Morgan fingerprint density at radius 1 is 1.33 bits per heavy atom. The zero-order valence-corrected chi connectivity index (χ0v) is 7.69. The Balaban J connectivity index is 3.23. The summed E-state index contributed by atoms with van der Waals surface area (Å²) in [7, 11) is 0. The molecule has 12 heavy (non-hydrogen) atoms. The Morgan fingerprint density at radius 2 is 1.92 bits per heavy atom. The van der Waals surface area contributed by atoms with Crippen LogP contribution in [0.3, 0.4) is 0 Å². The van der Waals surface area contributed by atoms with E-state index in [1.54, 1.807) is 26.0 Å². The largest absolute Gasteiger partial charge is 0.322 e. The third kappa shape index (κ3) is 1.83. The Morgan fingerprint density at radius 3 is 2.33 bits per heavy atom. The second-order valence-corrected chi connectivity index (χ2v) is 3.70. The molecule has 0 heterocycles. The third-order valence-corrected chi connectivity index (χ3v) is 1.82. The summed E-state index contributed by atoms with van der Waals surface area (Å²) in [6, 6.07) is 4.99. The van der Waals surface area contributed by atoms with Crippen LogP contribution in [0.4, 0.5) is 4.39 Å². The van der Waals surface area contributed by atoms with E-state index in [0.29, 0.717) is 5.56 Å². The van der Waals surface area contributed by atoms with Crippen LogP contribution in [0.25, 0.3) is 0 Å². The van der Waals surface area contributed by atoms with Crippen LogP contribution in [0.15, 0.2) is 18.2 Å². The number of benzene rings is 1. The number of aryl methyl sites for hydroxylation is 1. The quantitative estimate of drug-likeness (QED) is 0.682. The normalized spacial score (nSPS) is 11.8. The van der Waals surface area contributed by atoms with Gasteiger partial charge in [0.05, 0.1) is 0 Å². The van der Waals surface area contributed by atoms with E-state index < -0.39 is 5.54 Å². The lowest BCUT2D eigenvalue weighted by Gasteiger charge is -2.20. The molecule has 0 atom stereocenters. The van der Waals surface area contributed by atoms with Gasteiger partial charge in [0.25, 0.3) is 0 Å². The highest BCUT2D eigenvalue weighted by molar-refractivity contribution is 5.28. The van der Waals surface area contributed by atoms with E-state index in [-0.39, 0.29) is 5.82 Å². The molecule has 1 aromatic carbocycles. The van der Waals surface area contributed by atoms with E-state index >= 15 is 0 Å². The van der Waals surface area contributed by atoms with Crippen molar-refractivity contribution in [1.82, 2.24) is 0 Å². The molecule has 0 aliphatic heterocycles. The van der Waals surface area contributed by atoms with Crippen LogP contribution < -0.4 is 5.73 Å². The van der Waals surface area contributed by atoms with Crippen molar-refractivity contribution in [2.45, 2.75) is 26.3 Å². The molecule has 2 N–H and O–H groups in total. The first kappa shape index (κ1) is 9.20. The van der Waals surface area contributed by atoms with E-state index in [0.717, 1.165) is 5.56 Å². The van der Waals surface area contributed by atoms with Crippen LogP contribution in [0.1, 0.15) is 25.0 Å². The van der Waals surface area contributed by atoms with Gasteiger partial charge in [0.1, 0.15) is 5.82 Å². The van der Waals surface area contributed by atoms with E-state index in [1.807, 2.05) is 6.92 Å². The number of hydrogen-bond donors (Lipinski definition) is 1. The maximum absolute atomic E-state index is 13.2. The Bertz CT molecular complexity index is 286.